The van der Waals surface area contributed by atoms with Crippen molar-refractivity contribution in [3.63, 3.8) is 0 Å². The number of benzene rings is 1. The van der Waals surface area contributed by atoms with Crippen molar-refractivity contribution in [1.29, 1.82) is 0 Å². The van der Waals surface area contributed by atoms with Crippen LogP contribution in [0.25, 0.3) is 0 Å². The summed E-state index contributed by atoms with van der Waals surface area (Å²) in [5, 5.41) is 14.5. The maximum absolute atomic E-state index is 10.3. The minimum Gasteiger partial charge on any atom is -0.388 e. The zero-order valence-electron chi connectivity index (χ0n) is 10.6. The maximum Gasteiger partial charge on any atom is 0.138 e. The number of aliphatic hydroxyl groups is 1. The van der Waals surface area contributed by atoms with Gasteiger partial charge in [-0.2, -0.15) is 5.10 Å². The predicted molar refractivity (Wildman–Crippen MR) is 80.8 cm³/mol. The van der Waals surface area contributed by atoms with Crippen molar-refractivity contribution in [3.05, 3.63) is 44.9 Å². The third kappa shape index (κ3) is 3.64. The van der Waals surface area contributed by atoms with Crippen LogP contribution < -0.4 is 0 Å². The first-order valence-electron chi connectivity index (χ1n) is 6.11. The molecule has 0 saturated heterocycles. The van der Waals surface area contributed by atoms with E-state index >= 15 is 0 Å². The van der Waals surface area contributed by atoms with Gasteiger partial charge in [-0.15, -0.1) is 0 Å². The lowest BCUT2D eigenvalue weighted by Gasteiger charge is -2.13. The lowest BCUT2D eigenvalue weighted by Crippen LogP contribution is -2.10. The zero-order valence-corrected chi connectivity index (χ0v) is 13.7. The van der Waals surface area contributed by atoms with Gasteiger partial charge in [-0.05, 0) is 24.1 Å². The van der Waals surface area contributed by atoms with E-state index in [4.69, 9.17) is 0 Å². The first-order chi connectivity index (χ1) is 9.11. The fourth-order valence-corrected chi connectivity index (χ4v) is 3.21. The summed E-state index contributed by atoms with van der Waals surface area (Å²) >= 11 is 6.87. The Balaban J connectivity index is 2.16. The minimum atomic E-state index is -0.595. The summed E-state index contributed by atoms with van der Waals surface area (Å²) in [6, 6.07) is 5.74. The van der Waals surface area contributed by atoms with Gasteiger partial charge in [-0.3, -0.25) is 4.68 Å². The topological polar surface area (TPSA) is 50.9 Å². The molecule has 0 aliphatic carbocycles. The van der Waals surface area contributed by atoms with E-state index in [1.54, 1.807) is 0 Å². The summed E-state index contributed by atoms with van der Waals surface area (Å²) in [4.78, 5) is 4.21. The molecule has 0 saturated carbocycles. The fraction of sp³-hybridized carbons (Fsp3) is 0.385. The van der Waals surface area contributed by atoms with Crippen molar-refractivity contribution >= 4 is 31.9 Å². The van der Waals surface area contributed by atoms with Crippen LogP contribution in [0.5, 0.6) is 0 Å². The molecule has 0 radical (unpaired) electrons. The summed E-state index contributed by atoms with van der Waals surface area (Å²) in [7, 11) is 0. The molecule has 2 rings (SSSR count). The number of aromatic nitrogens is 3. The molecule has 19 heavy (non-hydrogen) atoms. The molecule has 1 atom stereocenters. The monoisotopic (exact) mass is 387 g/mol. The van der Waals surface area contributed by atoms with Crippen LogP contribution in [0, 0.1) is 0 Å². The Bertz CT molecular complexity index is 557. The highest BCUT2D eigenvalue weighted by Gasteiger charge is 2.15. The normalized spacial score (nSPS) is 12.6. The van der Waals surface area contributed by atoms with Gasteiger partial charge in [0.05, 0.1) is 6.10 Å². The van der Waals surface area contributed by atoms with Gasteiger partial charge >= 0.3 is 0 Å². The van der Waals surface area contributed by atoms with E-state index < -0.39 is 6.10 Å². The molecule has 1 aromatic heterocycles. The summed E-state index contributed by atoms with van der Waals surface area (Å²) in [6.45, 7) is 2.91. The summed E-state index contributed by atoms with van der Waals surface area (Å²) in [6.07, 6.45) is 2.39. The summed E-state index contributed by atoms with van der Waals surface area (Å²) < 4.78 is 3.70. The third-order valence-corrected chi connectivity index (χ3v) is 4.01. The molecule has 1 unspecified atom stereocenters. The number of hydrogen-bond donors (Lipinski definition) is 1. The molecule has 0 spiro atoms. The average molecular weight is 389 g/mol. The van der Waals surface area contributed by atoms with Gasteiger partial charge in [-0.1, -0.05) is 44.8 Å². The van der Waals surface area contributed by atoms with Crippen molar-refractivity contribution in [2.75, 3.05) is 0 Å². The van der Waals surface area contributed by atoms with Crippen LogP contribution in [-0.4, -0.2) is 19.9 Å². The minimum absolute atomic E-state index is 0.459. The predicted octanol–water partition coefficient (Wildman–Crippen LogP) is 3.49. The Morgan fingerprint density at radius 2 is 2.16 bits per heavy atom. The van der Waals surface area contributed by atoms with Gasteiger partial charge in [0.25, 0.3) is 0 Å². The number of nitrogens with zero attached hydrogens (tertiary/aromatic N) is 3. The highest BCUT2D eigenvalue weighted by atomic mass is 79.9. The summed E-state index contributed by atoms with van der Waals surface area (Å²) in [5.41, 5.74) is 0.856. The van der Waals surface area contributed by atoms with E-state index in [2.05, 4.69) is 48.9 Å². The second kappa shape index (κ2) is 6.63. The van der Waals surface area contributed by atoms with E-state index in [0.29, 0.717) is 6.42 Å². The van der Waals surface area contributed by atoms with Gasteiger partial charge in [0.2, 0.25) is 0 Å². The number of aryl methyl sites for hydroxylation is 1. The molecule has 4 nitrogen and oxygen atoms in total. The number of halogens is 2. The molecule has 2 aromatic rings. The van der Waals surface area contributed by atoms with E-state index in [0.717, 1.165) is 33.3 Å². The SMILES string of the molecule is CCCn1ncnc1CC(O)c1ccc(Br)cc1Br. The fourth-order valence-electron chi connectivity index (χ4n) is 1.90. The Kier molecular flexibility index (Phi) is 5.13. The van der Waals surface area contributed by atoms with Crippen molar-refractivity contribution in [3.8, 4) is 0 Å². The van der Waals surface area contributed by atoms with Crippen LogP contribution >= 0.6 is 31.9 Å². The molecule has 0 fully saturated rings. The molecule has 0 amide bonds. The van der Waals surface area contributed by atoms with E-state index in [1.807, 2.05) is 22.9 Å². The van der Waals surface area contributed by atoms with Crippen molar-refractivity contribution in [1.82, 2.24) is 14.8 Å². The van der Waals surface area contributed by atoms with Gasteiger partial charge in [0, 0.05) is 21.9 Å². The van der Waals surface area contributed by atoms with Crippen molar-refractivity contribution in [2.24, 2.45) is 0 Å². The van der Waals surface area contributed by atoms with E-state index in [-0.39, 0.29) is 0 Å². The van der Waals surface area contributed by atoms with Crippen LogP contribution in [0.2, 0.25) is 0 Å². The maximum atomic E-state index is 10.3. The first kappa shape index (κ1) is 14.7. The largest absolute Gasteiger partial charge is 0.388 e. The Labute approximate surface area is 129 Å². The smallest absolute Gasteiger partial charge is 0.138 e. The number of hydrogen-bond acceptors (Lipinski definition) is 3. The molecule has 0 bridgehead atoms. The molecule has 6 heteroatoms. The first-order valence-corrected chi connectivity index (χ1v) is 7.70. The molecule has 1 heterocycles. The second-order valence-electron chi connectivity index (χ2n) is 4.29. The highest BCUT2D eigenvalue weighted by molar-refractivity contribution is 9.11. The standard InChI is InChI=1S/C13H15Br2N3O/c1-2-5-18-13(16-8-17-18)7-12(19)10-4-3-9(14)6-11(10)15/h3-4,6,8,12,19H,2,5,7H2,1H3. The molecular formula is C13H15Br2N3O. The average Bonchev–Trinajstić information content (AvgIpc) is 2.77. The second-order valence-corrected chi connectivity index (χ2v) is 6.06. The quantitative estimate of drug-likeness (QED) is 0.852. The van der Waals surface area contributed by atoms with Gasteiger partial charge in [0.15, 0.2) is 0 Å². The van der Waals surface area contributed by atoms with Crippen LogP contribution in [0.1, 0.15) is 30.8 Å². The van der Waals surface area contributed by atoms with Gasteiger partial charge < -0.3 is 5.11 Å². The zero-order chi connectivity index (χ0) is 13.8. The highest BCUT2D eigenvalue weighted by Crippen LogP contribution is 2.28. The molecular weight excluding hydrogens is 374 g/mol. The van der Waals surface area contributed by atoms with E-state index in [1.165, 1.54) is 6.33 Å². The van der Waals surface area contributed by atoms with Gasteiger partial charge in [0.1, 0.15) is 12.2 Å². The molecule has 102 valence electrons. The molecule has 1 N–H and O–H groups in total. The van der Waals surface area contributed by atoms with Crippen molar-refractivity contribution in [2.45, 2.75) is 32.4 Å². The Morgan fingerprint density at radius 1 is 1.37 bits per heavy atom. The van der Waals surface area contributed by atoms with Crippen LogP contribution in [0.4, 0.5) is 0 Å². The Hall–Kier alpha value is -0.720. The van der Waals surface area contributed by atoms with Crippen LogP contribution in [0.15, 0.2) is 33.5 Å². The van der Waals surface area contributed by atoms with Crippen molar-refractivity contribution < 1.29 is 5.11 Å². The Morgan fingerprint density at radius 3 is 2.84 bits per heavy atom. The third-order valence-electron chi connectivity index (χ3n) is 2.83. The van der Waals surface area contributed by atoms with Crippen LogP contribution in [0.3, 0.4) is 0 Å². The van der Waals surface area contributed by atoms with Gasteiger partial charge in [-0.25, -0.2) is 4.98 Å². The summed E-state index contributed by atoms with van der Waals surface area (Å²) in [5.74, 6) is 0.809. The van der Waals surface area contributed by atoms with E-state index in [9.17, 15) is 5.11 Å². The molecule has 0 aliphatic rings. The lowest BCUT2D eigenvalue weighted by molar-refractivity contribution is 0.173. The lowest BCUT2D eigenvalue weighted by atomic mass is 10.1. The molecule has 0 aliphatic heterocycles. The number of rotatable bonds is 5. The van der Waals surface area contributed by atoms with Crippen LogP contribution in [-0.2, 0) is 13.0 Å². The number of aliphatic hydroxyl groups excluding tert-OH is 1. The molecule has 1 aromatic carbocycles.